The van der Waals surface area contributed by atoms with Gasteiger partial charge < -0.3 is 21.7 Å². The average molecular weight is 453 g/mol. The molecule has 2 aromatic rings. The SMILES string of the molecule is CC/C=C\C(NC(=O)c1ccc2c(c1)CCC2NC(=O)NCc1ccc(Cl)cc1)=C(/C)N. The monoisotopic (exact) mass is 452 g/mol. The summed E-state index contributed by atoms with van der Waals surface area (Å²) in [6, 6.07) is 12.6. The summed E-state index contributed by atoms with van der Waals surface area (Å²) in [4.78, 5) is 25.1. The number of halogens is 1. The Labute approximate surface area is 193 Å². The van der Waals surface area contributed by atoms with Crippen LogP contribution >= 0.6 is 11.6 Å². The van der Waals surface area contributed by atoms with E-state index in [1.165, 1.54) is 0 Å². The van der Waals surface area contributed by atoms with Crippen LogP contribution in [-0.2, 0) is 13.0 Å². The highest BCUT2D eigenvalue weighted by Crippen LogP contribution is 2.31. The summed E-state index contributed by atoms with van der Waals surface area (Å²) in [5, 5.41) is 9.44. The number of allylic oxidation sites excluding steroid dienone is 3. The van der Waals surface area contributed by atoms with Gasteiger partial charge in [-0.05, 0) is 73.2 Å². The smallest absolute Gasteiger partial charge is 0.315 e. The molecular weight excluding hydrogens is 424 g/mol. The van der Waals surface area contributed by atoms with Gasteiger partial charge >= 0.3 is 6.03 Å². The summed E-state index contributed by atoms with van der Waals surface area (Å²) in [5.74, 6) is -0.203. The number of hydrogen-bond acceptors (Lipinski definition) is 3. The highest BCUT2D eigenvalue weighted by Gasteiger charge is 2.25. The number of carbonyl (C=O) groups is 2. The Morgan fingerprint density at radius 1 is 1.19 bits per heavy atom. The van der Waals surface area contributed by atoms with Gasteiger partial charge in [-0.2, -0.15) is 0 Å². The first-order valence-corrected chi connectivity index (χ1v) is 11.1. The first kappa shape index (κ1) is 23.4. The zero-order chi connectivity index (χ0) is 23.1. The van der Waals surface area contributed by atoms with E-state index in [9.17, 15) is 9.59 Å². The summed E-state index contributed by atoms with van der Waals surface area (Å²) in [6.07, 6.45) is 6.22. The molecule has 2 aromatic carbocycles. The van der Waals surface area contributed by atoms with Crippen LogP contribution in [0, 0.1) is 0 Å². The third-order valence-electron chi connectivity index (χ3n) is 5.35. The predicted octanol–water partition coefficient (Wildman–Crippen LogP) is 4.71. The fraction of sp³-hybridized carbons (Fsp3) is 0.280. The fourth-order valence-electron chi connectivity index (χ4n) is 3.60. The highest BCUT2D eigenvalue weighted by molar-refractivity contribution is 6.30. The maximum Gasteiger partial charge on any atom is 0.315 e. The van der Waals surface area contributed by atoms with E-state index < -0.39 is 0 Å². The van der Waals surface area contributed by atoms with E-state index in [4.69, 9.17) is 17.3 Å². The van der Waals surface area contributed by atoms with E-state index in [-0.39, 0.29) is 18.0 Å². The number of hydrogen-bond donors (Lipinski definition) is 4. The molecule has 1 unspecified atom stereocenters. The van der Waals surface area contributed by atoms with Gasteiger partial charge in [-0.25, -0.2) is 4.79 Å². The number of nitrogens with one attached hydrogen (secondary N) is 3. The first-order chi connectivity index (χ1) is 15.4. The van der Waals surface area contributed by atoms with Gasteiger partial charge in [-0.15, -0.1) is 0 Å². The van der Waals surface area contributed by atoms with Crippen LogP contribution in [0.15, 0.2) is 66.0 Å². The van der Waals surface area contributed by atoms with Gasteiger partial charge in [0.1, 0.15) is 0 Å². The molecule has 0 bridgehead atoms. The van der Waals surface area contributed by atoms with Crippen LogP contribution in [0.1, 0.15) is 59.8 Å². The van der Waals surface area contributed by atoms with Crippen molar-refractivity contribution in [1.82, 2.24) is 16.0 Å². The quantitative estimate of drug-likeness (QED) is 0.458. The predicted molar refractivity (Wildman–Crippen MR) is 128 cm³/mol. The second-order valence-electron chi connectivity index (χ2n) is 7.82. The van der Waals surface area contributed by atoms with Crippen LogP contribution in [0.25, 0.3) is 0 Å². The molecule has 1 atom stereocenters. The Morgan fingerprint density at radius 2 is 1.94 bits per heavy atom. The van der Waals surface area contributed by atoms with Gasteiger partial charge in [-0.3, -0.25) is 4.79 Å². The average Bonchev–Trinajstić information content (AvgIpc) is 3.17. The molecule has 6 nitrogen and oxygen atoms in total. The molecule has 3 amide bonds. The molecule has 0 spiro atoms. The standard InChI is InChI=1S/C25H29ClN4O2/c1-3-4-5-22(16(2)27)29-24(31)19-8-12-21-18(14-19)9-13-23(21)30-25(32)28-15-17-6-10-20(26)11-7-17/h4-8,10-12,14,23H,3,9,13,15,27H2,1-2H3,(H,29,31)(H2,28,30,32)/b5-4-,22-16-. The number of fused-ring (bicyclic) bond motifs is 1. The van der Waals surface area contributed by atoms with Gasteiger partial charge in [-0.1, -0.05) is 42.8 Å². The minimum absolute atomic E-state index is 0.0819. The number of rotatable bonds is 7. The van der Waals surface area contributed by atoms with Crippen molar-refractivity contribution in [3.8, 4) is 0 Å². The van der Waals surface area contributed by atoms with Gasteiger partial charge in [0.25, 0.3) is 5.91 Å². The molecule has 168 valence electrons. The Kier molecular flexibility index (Phi) is 7.95. The van der Waals surface area contributed by atoms with E-state index in [0.717, 1.165) is 36.0 Å². The molecule has 0 saturated carbocycles. The number of benzene rings is 2. The van der Waals surface area contributed by atoms with E-state index in [2.05, 4.69) is 16.0 Å². The van der Waals surface area contributed by atoms with Crippen LogP contribution in [0.2, 0.25) is 5.02 Å². The molecule has 0 radical (unpaired) electrons. The van der Waals surface area contributed by atoms with Gasteiger partial charge in [0.2, 0.25) is 0 Å². The van der Waals surface area contributed by atoms with Crippen LogP contribution in [-0.4, -0.2) is 11.9 Å². The Bertz CT molecular complexity index is 1040. The lowest BCUT2D eigenvalue weighted by Gasteiger charge is -2.15. The lowest BCUT2D eigenvalue weighted by Crippen LogP contribution is -2.36. The van der Waals surface area contributed by atoms with Crippen LogP contribution in [0.3, 0.4) is 0 Å². The third-order valence-corrected chi connectivity index (χ3v) is 5.60. The van der Waals surface area contributed by atoms with Crippen molar-refractivity contribution < 1.29 is 9.59 Å². The highest BCUT2D eigenvalue weighted by atomic mass is 35.5. The molecule has 3 rings (SSSR count). The number of nitrogens with two attached hydrogens (primary N) is 1. The topological polar surface area (TPSA) is 96.2 Å². The maximum absolute atomic E-state index is 12.7. The zero-order valence-electron chi connectivity index (χ0n) is 18.4. The molecule has 32 heavy (non-hydrogen) atoms. The molecule has 1 aliphatic carbocycles. The number of urea groups is 1. The van der Waals surface area contributed by atoms with Crippen molar-refractivity contribution in [2.75, 3.05) is 0 Å². The van der Waals surface area contributed by atoms with Crippen LogP contribution in [0.5, 0.6) is 0 Å². The number of amides is 3. The molecule has 5 N–H and O–H groups in total. The number of carbonyl (C=O) groups excluding carboxylic acids is 2. The lowest BCUT2D eigenvalue weighted by molar-refractivity contribution is 0.0966. The van der Waals surface area contributed by atoms with Crippen molar-refractivity contribution in [3.05, 3.63) is 93.3 Å². The molecule has 1 aliphatic rings. The molecule has 7 heteroatoms. The minimum atomic E-state index is -0.226. The summed E-state index contributed by atoms with van der Waals surface area (Å²) >= 11 is 5.89. The zero-order valence-corrected chi connectivity index (χ0v) is 19.1. The van der Waals surface area contributed by atoms with E-state index in [1.54, 1.807) is 25.1 Å². The van der Waals surface area contributed by atoms with Crippen LogP contribution in [0.4, 0.5) is 4.79 Å². The summed E-state index contributed by atoms with van der Waals surface area (Å²) < 4.78 is 0. The largest absolute Gasteiger partial charge is 0.401 e. The Hall–Kier alpha value is -3.25. The van der Waals surface area contributed by atoms with Crippen molar-refractivity contribution in [3.63, 3.8) is 0 Å². The normalized spacial score (nSPS) is 15.8. The van der Waals surface area contributed by atoms with Gasteiger partial charge in [0, 0.05) is 22.8 Å². The fourth-order valence-corrected chi connectivity index (χ4v) is 3.73. The van der Waals surface area contributed by atoms with Crippen molar-refractivity contribution in [1.29, 1.82) is 0 Å². The van der Waals surface area contributed by atoms with E-state index >= 15 is 0 Å². The number of aryl methyl sites for hydroxylation is 1. The van der Waals surface area contributed by atoms with Gasteiger partial charge in [0.15, 0.2) is 0 Å². The van der Waals surface area contributed by atoms with Crippen molar-refractivity contribution >= 4 is 23.5 Å². The summed E-state index contributed by atoms with van der Waals surface area (Å²) in [5.41, 5.74) is 10.7. The third kappa shape index (κ3) is 6.14. The molecule has 0 aromatic heterocycles. The second-order valence-corrected chi connectivity index (χ2v) is 8.26. The van der Waals surface area contributed by atoms with Crippen molar-refractivity contribution in [2.24, 2.45) is 5.73 Å². The Morgan fingerprint density at radius 3 is 2.62 bits per heavy atom. The van der Waals surface area contributed by atoms with Crippen LogP contribution < -0.4 is 21.7 Å². The maximum atomic E-state index is 12.7. The second kappa shape index (κ2) is 10.9. The van der Waals surface area contributed by atoms with E-state index in [0.29, 0.717) is 28.5 Å². The molecule has 0 aliphatic heterocycles. The van der Waals surface area contributed by atoms with Crippen molar-refractivity contribution in [2.45, 2.75) is 45.7 Å². The first-order valence-electron chi connectivity index (χ1n) is 10.7. The Balaban J connectivity index is 1.60. The minimum Gasteiger partial charge on any atom is -0.401 e. The molecular formula is C25H29ClN4O2. The summed E-state index contributed by atoms with van der Waals surface area (Å²) in [6.45, 7) is 4.20. The molecule has 0 saturated heterocycles. The summed E-state index contributed by atoms with van der Waals surface area (Å²) in [7, 11) is 0. The van der Waals surface area contributed by atoms with E-state index in [1.807, 2.05) is 43.3 Å². The lowest BCUT2D eigenvalue weighted by atomic mass is 10.0. The van der Waals surface area contributed by atoms with Gasteiger partial charge in [0.05, 0.1) is 11.7 Å². The molecule has 0 heterocycles. The molecule has 0 fully saturated rings.